The summed E-state index contributed by atoms with van der Waals surface area (Å²) in [5, 5.41) is 8.89. The van der Waals surface area contributed by atoms with Crippen LogP contribution in [0.4, 0.5) is 0 Å². The van der Waals surface area contributed by atoms with Crippen LogP contribution in [0, 0.1) is 0 Å². The van der Waals surface area contributed by atoms with Crippen molar-refractivity contribution in [1.82, 2.24) is 9.80 Å². The molecule has 2 rings (SSSR count). The first kappa shape index (κ1) is 11.8. The average molecular weight is 228 g/mol. The number of carboxylic acids is 1. The number of hydrogen-bond acceptors (Lipinski definition) is 4. The number of carbonyl (C=O) groups is 1. The summed E-state index contributed by atoms with van der Waals surface area (Å²) in [6.45, 7) is 4.33. The minimum Gasteiger partial charge on any atom is -0.481 e. The quantitative estimate of drug-likeness (QED) is 0.729. The van der Waals surface area contributed by atoms with E-state index < -0.39 is 5.97 Å². The van der Waals surface area contributed by atoms with Crippen molar-refractivity contribution in [3.63, 3.8) is 0 Å². The van der Waals surface area contributed by atoms with Gasteiger partial charge in [0.05, 0.1) is 19.6 Å². The predicted octanol–water partition coefficient (Wildman–Crippen LogP) is -0.134. The van der Waals surface area contributed by atoms with Gasteiger partial charge in [0.2, 0.25) is 0 Å². The minimum absolute atomic E-state index is 0.0581. The molecular weight excluding hydrogens is 208 g/mol. The molecule has 5 nitrogen and oxygen atoms in total. The molecule has 0 saturated carbocycles. The second-order valence-electron chi connectivity index (χ2n) is 4.77. The zero-order chi connectivity index (χ0) is 11.5. The summed E-state index contributed by atoms with van der Waals surface area (Å²) in [7, 11) is 2.12. The molecule has 0 spiro atoms. The van der Waals surface area contributed by atoms with E-state index in [2.05, 4.69) is 16.8 Å². The van der Waals surface area contributed by atoms with Crippen LogP contribution in [0.1, 0.15) is 12.8 Å². The highest BCUT2D eigenvalue weighted by Gasteiger charge is 2.33. The van der Waals surface area contributed by atoms with Gasteiger partial charge in [-0.15, -0.1) is 0 Å². The first-order chi connectivity index (χ1) is 7.66. The molecule has 1 N–H and O–H groups in total. The van der Waals surface area contributed by atoms with Crippen molar-refractivity contribution in [1.29, 1.82) is 0 Å². The molecule has 2 aliphatic heterocycles. The monoisotopic (exact) mass is 228 g/mol. The van der Waals surface area contributed by atoms with Crippen LogP contribution >= 0.6 is 0 Å². The summed E-state index contributed by atoms with van der Waals surface area (Å²) in [4.78, 5) is 15.4. The second-order valence-corrected chi connectivity index (χ2v) is 4.77. The van der Waals surface area contributed by atoms with Crippen LogP contribution in [-0.2, 0) is 9.53 Å². The smallest absolute Gasteiger partial charge is 0.305 e. The minimum atomic E-state index is -0.730. The van der Waals surface area contributed by atoms with Gasteiger partial charge in [0.1, 0.15) is 0 Å². The van der Waals surface area contributed by atoms with E-state index >= 15 is 0 Å². The maximum Gasteiger partial charge on any atom is 0.305 e. The van der Waals surface area contributed by atoms with E-state index in [0.29, 0.717) is 12.6 Å². The number of carboxylic acid groups (broad SMARTS) is 1. The third-order valence-electron chi connectivity index (χ3n) is 3.52. The Hall–Kier alpha value is -0.650. The lowest BCUT2D eigenvalue weighted by Gasteiger charge is -2.38. The third-order valence-corrected chi connectivity index (χ3v) is 3.52. The van der Waals surface area contributed by atoms with Crippen molar-refractivity contribution in [3.05, 3.63) is 0 Å². The Balaban J connectivity index is 1.96. The van der Waals surface area contributed by atoms with Gasteiger partial charge in [-0.3, -0.25) is 9.69 Å². The van der Waals surface area contributed by atoms with Gasteiger partial charge in [0.15, 0.2) is 0 Å². The predicted molar refractivity (Wildman–Crippen MR) is 59.5 cm³/mol. The summed E-state index contributed by atoms with van der Waals surface area (Å²) < 4.78 is 5.38. The molecule has 0 aromatic carbocycles. The molecule has 0 amide bonds. The molecule has 2 heterocycles. The Morgan fingerprint density at radius 3 is 2.94 bits per heavy atom. The summed E-state index contributed by atoms with van der Waals surface area (Å²) in [6.07, 6.45) is 1.34. The fraction of sp³-hybridized carbons (Fsp3) is 0.909. The van der Waals surface area contributed by atoms with Crippen molar-refractivity contribution in [3.8, 4) is 0 Å². The largest absolute Gasteiger partial charge is 0.481 e. The lowest BCUT2D eigenvalue weighted by molar-refractivity contribution is -0.140. The molecule has 0 aromatic rings. The van der Waals surface area contributed by atoms with Crippen molar-refractivity contribution < 1.29 is 14.6 Å². The Morgan fingerprint density at radius 2 is 2.31 bits per heavy atom. The Kier molecular flexibility index (Phi) is 3.78. The fourth-order valence-electron chi connectivity index (χ4n) is 2.71. The van der Waals surface area contributed by atoms with Gasteiger partial charge < -0.3 is 14.7 Å². The van der Waals surface area contributed by atoms with Crippen LogP contribution in [0.15, 0.2) is 0 Å². The molecule has 0 bridgehead atoms. The standard InChI is InChI=1S/C11H20N2O3/c1-12-3-2-9(7-12)13-4-5-16-8-10(13)6-11(14)15/h9-10H,2-8H2,1H3,(H,14,15). The van der Waals surface area contributed by atoms with Gasteiger partial charge in [0, 0.05) is 25.2 Å². The van der Waals surface area contributed by atoms with Crippen molar-refractivity contribution in [2.45, 2.75) is 24.9 Å². The van der Waals surface area contributed by atoms with Gasteiger partial charge in [-0.2, -0.15) is 0 Å². The lowest BCUT2D eigenvalue weighted by Crippen LogP contribution is -2.52. The van der Waals surface area contributed by atoms with Gasteiger partial charge >= 0.3 is 5.97 Å². The first-order valence-corrected chi connectivity index (χ1v) is 5.90. The third kappa shape index (κ3) is 2.72. The molecule has 0 aliphatic carbocycles. The summed E-state index contributed by atoms with van der Waals surface area (Å²) in [5.74, 6) is -0.730. The van der Waals surface area contributed by atoms with Gasteiger partial charge in [-0.1, -0.05) is 0 Å². The number of aliphatic carboxylic acids is 1. The SMILES string of the molecule is CN1CCC(N2CCOCC2CC(=O)O)C1. The summed E-state index contributed by atoms with van der Waals surface area (Å²) in [5.41, 5.74) is 0. The summed E-state index contributed by atoms with van der Waals surface area (Å²) in [6, 6.07) is 0.570. The molecule has 92 valence electrons. The Bertz CT molecular complexity index is 260. The van der Waals surface area contributed by atoms with Crippen LogP contribution in [0.2, 0.25) is 0 Å². The van der Waals surface area contributed by atoms with Crippen LogP contribution in [0.5, 0.6) is 0 Å². The zero-order valence-electron chi connectivity index (χ0n) is 9.76. The van der Waals surface area contributed by atoms with Gasteiger partial charge in [0.25, 0.3) is 0 Å². The average Bonchev–Trinajstić information content (AvgIpc) is 2.65. The topological polar surface area (TPSA) is 53.0 Å². The molecule has 2 aliphatic rings. The molecular formula is C11H20N2O3. The van der Waals surface area contributed by atoms with E-state index in [4.69, 9.17) is 9.84 Å². The Morgan fingerprint density at radius 1 is 1.50 bits per heavy atom. The number of rotatable bonds is 3. The molecule has 2 atom stereocenters. The number of morpholine rings is 1. The van der Waals surface area contributed by atoms with Crippen molar-refractivity contribution >= 4 is 5.97 Å². The fourth-order valence-corrected chi connectivity index (χ4v) is 2.71. The van der Waals surface area contributed by atoms with Crippen LogP contribution in [-0.4, -0.2) is 72.9 Å². The van der Waals surface area contributed by atoms with Crippen molar-refractivity contribution in [2.75, 3.05) is 39.9 Å². The molecule has 5 heteroatoms. The van der Waals surface area contributed by atoms with Crippen LogP contribution in [0.3, 0.4) is 0 Å². The van der Waals surface area contributed by atoms with Crippen molar-refractivity contribution in [2.24, 2.45) is 0 Å². The molecule has 2 saturated heterocycles. The van der Waals surface area contributed by atoms with E-state index in [9.17, 15) is 4.79 Å². The number of ether oxygens (including phenoxy) is 1. The van der Waals surface area contributed by atoms with E-state index in [0.717, 1.165) is 32.7 Å². The van der Waals surface area contributed by atoms with Gasteiger partial charge in [-0.25, -0.2) is 0 Å². The number of likely N-dealkylation sites (N-methyl/N-ethyl adjacent to an activating group) is 1. The number of nitrogens with zero attached hydrogens (tertiary/aromatic N) is 2. The molecule has 2 unspecified atom stereocenters. The van der Waals surface area contributed by atoms with E-state index in [1.807, 2.05) is 0 Å². The normalized spacial score (nSPS) is 33.1. The first-order valence-electron chi connectivity index (χ1n) is 5.90. The lowest BCUT2D eigenvalue weighted by atomic mass is 10.1. The number of likely N-dealkylation sites (tertiary alicyclic amines) is 1. The summed E-state index contributed by atoms with van der Waals surface area (Å²) >= 11 is 0. The van der Waals surface area contributed by atoms with Gasteiger partial charge in [-0.05, 0) is 20.0 Å². The van der Waals surface area contributed by atoms with Crippen LogP contribution in [0.25, 0.3) is 0 Å². The highest BCUT2D eigenvalue weighted by molar-refractivity contribution is 5.67. The maximum atomic E-state index is 10.8. The van der Waals surface area contributed by atoms with E-state index in [1.54, 1.807) is 0 Å². The molecule has 0 radical (unpaired) electrons. The number of hydrogen-bond donors (Lipinski definition) is 1. The highest BCUT2D eigenvalue weighted by atomic mass is 16.5. The zero-order valence-corrected chi connectivity index (χ0v) is 9.76. The molecule has 16 heavy (non-hydrogen) atoms. The van der Waals surface area contributed by atoms with Crippen LogP contribution < -0.4 is 0 Å². The Labute approximate surface area is 96.0 Å². The maximum absolute atomic E-state index is 10.8. The van der Waals surface area contributed by atoms with E-state index in [-0.39, 0.29) is 12.5 Å². The van der Waals surface area contributed by atoms with E-state index in [1.165, 1.54) is 0 Å². The molecule has 2 fully saturated rings. The highest BCUT2D eigenvalue weighted by Crippen LogP contribution is 2.20. The molecule has 0 aromatic heterocycles. The second kappa shape index (κ2) is 5.12.